The summed E-state index contributed by atoms with van der Waals surface area (Å²) in [5.74, 6) is 1.50. The Kier molecular flexibility index (Phi) is 5.47. The lowest BCUT2D eigenvalue weighted by Crippen LogP contribution is -2.17. The van der Waals surface area contributed by atoms with E-state index in [0.717, 1.165) is 35.0 Å². The first-order valence-electron chi connectivity index (χ1n) is 7.52. The van der Waals surface area contributed by atoms with Crippen LogP contribution in [0.4, 0.5) is 11.5 Å². The Hall–Kier alpha value is -2.43. The van der Waals surface area contributed by atoms with Crippen molar-refractivity contribution in [1.82, 2.24) is 9.97 Å². The lowest BCUT2D eigenvalue weighted by Gasteiger charge is -2.09. The Balaban J connectivity index is 1.83. The number of hydrogen-bond donors (Lipinski definition) is 2. The molecule has 1 heterocycles. The SMILES string of the molecule is CCc1cc(NCCC(=O)Nc2cccc(C)c2)nc(C)n1. The maximum Gasteiger partial charge on any atom is 0.226 e. The quantitative estimate of drug-likeness (QED) is 0.860. The monoisotopic (exact) mass is 298 g/mol. The van der Waals surface area contributed by atoms with Crippen molar-refractivity contribution >= 4 is 17.4 Å². The molecule has 0 aliphatic heterocycles. The molecular formula is C17H22N4O. The Bertz CT molecular complexity index is 655. The number of benzene rings is 1. The fourth-order valence-corrected chi connectivity index (χ4v) is 2.15. The van der Waals surface area contributed by atoms with E-state index in [2.05, 4.69) is 27.5 Å². The molecule has 0 saturated heterocycles. The van der Waals surface area contributed by atoms with Crippen molar-refractivity contribution in [3.63, 3.8) is 0 Å². The minimum atomic E-state index is -0.0143. The number of nitrogens with one attached hydrogen (secondary N) is 2. The first-order chi connectivity index (χ1) is 10.6. The fourth-order valence-electron chi connectivity index (χ4n) is 2.15. The highest BCUT2D eigenvalue weighted by Crippen LogP contribution is 2.10. The van der Waals surface area contributed by atoms with Gasteiger partial charge in [-0.05, 0) is 38.0 Å². The predicted molar refractivity (Wildman–Crippen MR) is 89.1 cm³/mol. The molecule has 0 fully saturated rings. The number of hydrogen-bond acceptors (Lipinski definition) is 4. The fraction of sp³-hybridized carbons (Fsp3) is 0.353. The van der Waals surface area contributed by atoms with E-state index in [9.17, 15) is 4.79 Å². The molecule has 5 heteroatoms. The second kappa shape index (κ2) is 7.54. The standard InChI is InChI=1S/C17H22N4O/c1-4-14-11-16(20-13(3)19-14)18-9-8-17(22)21-15-7-5-6-12(2)10-15/h5-7,10-11H,4,8-9H2,1-3H3,(H,21,22)(H,18,19,20). The molecule has 1 aromatic heterocycles. The van der Waals surface area contributed by atoms with Crippen LogP contribution in [0.3, 0.4) is 0 Å². The third kappa shape index (κ3) is 4.84. The Morgan fingerprint density at radius 3 is 2.73 bits per heavy atom. The van der Waals surface area contributed by atoms with Crippen LogP contribution >= 0.6 is 0 Å². The van der Waals surface area contributed by atoms with Crippen molar-refractivity contribution in [3.8, 4) is 0 Å². The molecule has 116 valence electrons. The van der Waals surface area contributed by atoms with Crippen LogP contribution in [-0.4, -0.2) is 22.4 Å². The summed E-state index contributed by atoms with van der Waals surface area (Å²) in [4.78, 5) is 20.6. The van der Waals surface area contributed by atoms with E-state index in [1.165, 1.54) is 0 Å². The molecule has 0 saturated carbocycles. The average molecular weight is 298 g/mol. The van der Waals surface area contributed by atoms with Gasteiger partial charge in [-0.2, -0.15) is 0 Å². The molecule has 5 nitrogen and oxygen atoms in total. The minimum absolute atomic E-state index is 0.0143. The number of anilines is 2. The van der Waals surface area contributed by atoms with Crippen LogP contribution in [0.2, 0.25) is 0 Å². The second-order valence-corrected chi connectivity index (χ2v) is 5.24. The zero-order valence-corrected chi connectivity index (χ0v) is 13.3. The molecule has 0 unspecified atom stereocenters. The van der Waals surface area contributed by atoms with Gasteiger partial charge in [0, 0.05) is 30.4 Å². The first kappa shape index (κ1) is 15.9. The van der Waals surface area contributed by atoms with Crippen molar-refractivity contribution in [1.29, 1.82) is 0 Å². The normalized spacial score (nSPS) is 10.3. The molecule has 1 amide bonds. The smallest absolute Gasteiger partial charge is 0.226 e. The van der Waals surface area contributed by atoms with Gasteiger partial charge in [0.15, 0.2) is 0 Å². The summed E-state index contributed by atoms with van der Waals surface area (Å²) >= 11 is 0. The molecule has 2 aromatic rings. The van der Waals surface area contributed by atoms with Gasteiger partial charge in [0.2, 0.25) is 5.91 Å². The van der Waals surface area contributed by atoms with E-state index in [1.54, 1.807) is 0 Å². The van der Waals surface area contributed by atoms with Crippen LogP contribution in [0, 0.1) is 13.8 Å². The second-order valence-electron chi connectivity index (χ2n) is 5.24. The van der Waals surface area contributed by atoms with Gasteiger partial charge >= 0.3 is 0 Å². The van der Waals surface area contributed by atoms with Gasteiger partial charge in [0.1, 0.15) is 11.6 Å². The van der Waals surface area contributed by atoms with E-state index < -0.39 is 0 Å². The molecule has 0 spiro atoms. The number of carbonyl (C=O) groups is 1. The van der Waals surface area contributed by atoms with Crippen LogP contribution in [-0.2, 0) is 11.2 Å². The molecule has 0 bridgehead atoms. The molecule has 22 heavy (non-hydrogen) atoms. The van der Waals surface area contributed by atoms with Gasteiger partial charge in [0.05, 0.1) is 0 Å². The zero-order chi connectivity index (χ0) is 15.9. The summed E-state index contributed by atoms with van der Waals surface area (Å²) in [7, 11) is 0. The lowest BCUT2D eigenvalue weighted by molar-refractivity contribution is -0.115. The van der Waals surface area contributed by atoms with Gasteiger partial charge < -0.3 is 10.6 Å². The highest BCUT2D eigenvalue weighted by Gasteiger charge is 2.04. The van der Waals surface area contributed by atoms with Gasteiger partial charge in [-0.1, -0.05) is 19.1 Å². The topological polar surface area (TPSA) is 66.9 Å². The highest BCUT2D eigenvalue weighted by atomic mass is 16.1. The third-order valence-corrected chi connectivity index (χ3v) is 3.21. The number of rotatable bonds is 6. The van der Waals surface area contributed by atoms with Crippen molar-refractivity contribution in [3.05, 3.63) is 47.4 Å². The van der Waals surface area contributed by atoms with E-state index in [1.807, 2.05) is 44.2 Å². The maximum absolute atomic E-state index is 11.9. The molecule has 2 rings (SSSR count). The van der Waals surface area contributed by atoms with Crippen LogP contribution in [0.1, 0.15) is 30.4 Å². The van der Waals surface area contributed by atoms with Gasteiger partial charge in [-0.15, -0.1) is 0 Å². The summed E-state index contributed by atoms with van der Waals surface area (Å²) in [6, 6.07) is 9.69. The lowest BCUT2D eigenvalue weighted by atomic mass is 10.2. The maximum atomic E-state index is 11.9. The van der Waals surface area contributed by atoms with E-state index in [4.69, 9.17) is 0 Å². The summed E-state index contributed by atoms with van der Waals surface area (Å²) in [5, 5.41) is 6.07. The van der Waals surface area contributed by atoms with Crippen molar-refractivity contribution in [2.45, 2.75) is 33.6 Å². The first-order valence-corrected chi connectivity index (χ1v) is 7.52. The number of amides is 1. The molecule has 0 atom stereocenters. The molecular weight excluding hydrogens is 276 g/mol. The van der Waals surface area contributed by atoms with Crippen molar-refractivity contribution < 1.29 is 4.79 Å². The predicted octanol–water partition coefficient (Wildman–Crippen LogP) is 3.10. The molecule has 2 N–H and O–H groups in total. The molecule has 0 aliphatic carbocycles. The molecule has 0 radical (unpaired) electrons. The number of aromatic nitrogens is 2. The summed E-state index contributed by atoms with van der Waals surface area (Å²) < 4.78 is 0. The van der Waals surface area contributed by atoms with E-state index in [-0.39, 0.29) is 5.91 Å². The van der Waals surface area contributed by atoms with Crippen LogP contribution < -0.4 is 10.6 Å². The van der Waals surface area contributed by atoms with Gasteiger partial charge in [-0.25, -0.2) is 9.97 Å². The minimum Gasteiger partial charge on any atom is -0.369 e. The van der Waals surface area contributed by atoms with Crippen LogP contribution in [0.15, 0.2) is 30.3 Å². The van der Waals surface area contributed by atoms with E-state index in [0.29, 0.717) is 13.0 Å². The van der Waals surface area contributed by atoms with E-state index >= 15 is 0 Å². The van der Waals surface area contributed by atoms with Crippen LogP contribution in [0.5, 0.6) is 0 Å². The molecule has 0 aliphatic rings. The highest BCUT2D eigenvalue weighted by molar-refractivity contribution is 5.91. The average Bonchev–Trinajstić information content (AvgIpc) is 2.46. The number of aryl methyl sites for hydroxylation is 3. The molecule has 1 aromatic carbocycles. The Labute approximate surface area is 131 Å². The van der Waals surface area contributed by atoms with Gasteiger partial charge in [0.25, 0.3) is 0 Å². The van der Waals surface area contributed by atoms with Crippen molar-refractivity contribution in [2.24, 2.45) is 0 Å². The summed E-state index contributed by atoms with van der Waals surface area (Å²) in [6.07, 6.45) is 1.25. The van der Waals surface area contributed by atoms with Crippen molar-refractivity contribution in [2.75, 3.05) is 17.2 Å². The van der Waals surface area contributed by atoms with Gasteiger partial charge in [-0.3, -0.25) is 4.79 Å². The Morgan fingerprint density at radius 1 is 1.18 bits per heavy atom. The number of nitrogens with zero attached hydrogens (tertiary/aromatic N) is 2. The number of carbonyl (C=O) groups excluding carboxylic acids is 1. The summed E-state index contributed by atoms with van der Waals surface area (Å²) in [6.45, 7) is 6.47. The largest absolute Gasteiger partial charge is 0.369 e. The Morgan fingerprint density at radius 2 is 2.00 bits per heavy atom. The third-order valence-electron chi connectivity index (χ3n) is 3.21. The zero-order valence-electron chi connectivity index (χ0n) is 13.3. The summed E-state index contributed by atoms with van der Waals surface area (Å²) in [5.41, 5.74) is 2.95. The van der Waals surface area contributed by atoms with Crippen LogP contribution in [0.25, 0.3) is 0 Å².